The van der Waals surface area contributed by atoms with Crippen LogP contribution in [0.1, 0.15) is 57.9 Å². The molecule has 0 aromatic heterocycles. The highest BCUT2D eigenvalue weighted by Gasteiger charge is 2.36. The number of hydrogen-bond acceptors (Lipinski definition) is 7. The second kappa shape index (κ2) is 14.4. The number of carboxylic acid groups (broad SMARTS) is 1. The maximum atomic E-state index is 13.6. The smallest absolute Gasteiger partial charge is 0.329 e. The Hall–Kier alpha value is -3.51. The van der Waals surface area contributed by atoms with E-state index < -0.39 is 58.1 Å². The first-order chi connectivity index (χ1) is 19.4. The van der Waals surface area contributed by atoms with E-state index >= 15 is 0 Å². The number of aliphatic carboxylic acids is 1. The van der Waals surface area contributed by atoms with Crippen molar-refractivity contribution in [2.24, 2.45) is 5.92 Å². The van der Waals surface area contributed by atoms with Gasteiger partial charge in [-0.05, 0) is 47.9 Å². The molecule has 1 aliphatic rings. The lowest BCUT2D eigenvalue weighted by atomic mass is 10.0. The largest absolute Gasteiger partial charge is 0.480 e. The van der Waals surface area contributed by atoms with E-state index in [1.807, 2.05) is 56.3 Å². The predicted molar refractivity (Wildman–Crippen MR) is 153 cm³/mol. The van der Waals surface area contributed by atoms with E-state index in [9.17, 15) is 32.7 Å². The van der Waals surface area contributed by atoms with Gasteiger partial charge in [-0.3, -0.25) is 14.4 Å². The van der Waals surface area contributed by atoms with Crippen LogP contribution < -0.4 is 10.6 Å². The van der Waals surface area contributed by atoms with Crippen molar-refractivity contribution >= 4 is 44.3 Å². The molecule has 0 radical (unpaired) electrons. The van der Waals surface area contributed by atoms with Crippen molar-refractivity contribution < 1.29 is 37.5 Å². The van der Waals surface area contributed by atoms with Crippen molar-refractivity contribution in [3.05, 3.63) is 48.0 Å². The molecule has 0 saturated carbocycles. The Bertz CT molecular complexity index is 1360. The third kappa shape index (κ3) is 9.53. The summed E-state index contributed by atoms with van der Waals surface area (Å²) in [7, 11) is -3.55. The molecule has 4 atom stereocenters. The van der Waals surface area contributed by atoms with E-state index in [1.165, 1.54) is 0 Å². The highest BCUT2D eigenvalue weighted by molar-refractivity contribution is 7.90. The molecule has 1 heterocycles. The first-order valence-electron chi connectivity index (χ1n) is 13.8. The number of rotatable bonds is 15. The van der Waals surface area contributed by atoms with Crippen LogP contribution in [0.15, 0.2) is 42.5 Å². The summed E-state index contributed by atoms with van der Waals surface area (Å²) >= 11 is 0. The Morgan fingerprint density at radius 1 is 1.17 bits per heavy atom. The second-order valence-electron chi connectivity index (χ2n) is 10.6. The van der Waals surface area contributed by atoms with Crippen LogP contribution in [0, 0.1) is 5.92 Å². The summed E-state index contributed by atoms with van der Waals surface area (Å²) in [4.78, 5) is 56.5. The molecule has 0 bridgehead atoms. The SMILES string of the molecule is CC[C@H](C)CC(NC(=O)[C@@H]1CCC(=O)N1)ON(C(=O)CCc1cccc2ccccc12)[C@@H](CCS(C)(=O)=O)C(=O)O. The summed E-state index contributed by atoms with van der Waals surface area (Å²) < 4.78 is 23.8. The van der Waals surface area contributed by atoms with Crippen molar-refractivity contribution in [1.29, 1.82) is 0 Å². The maximum Gasteiger partial charge on any atom is 0.329 e. The standard InChI is InChI=1S/C29H39N3O8S/c1-4-19(2)18-26(31-28(35)23-13-14-25(33)30-23)40-32(24(29(36)37)16-17-41(3,38)39)27(34)15-12-21-10-7-9-20-8-5-6-11-22(20)21/h5-11,19,23-24,26H,4,12-18H2,1-3H3,(H,30,33)(H,31,35)(H,36,37)/t19-,23-,24-,26?/m0/s1. The topological polar surface area (TPSA) is 159 Å². The fourth-order valence-corrected chi connectivity index (χ4v) is 5.35. The molecule has 1 aliphatic heterocycles. The van der Waals surface area contributed by atoms with Gasteiger partial charge in [-0.25, -0.2) is 23.1 Å². The summed E-state index contributed by atoms with van der Waals surface area (Å²) in [5.41, 5.74) is 0.890. The van der Waals surface area contributed by atoms with Crippen molar-refractivity contribution in [3.63, 3.8) is 0 Å². The Morgan fingerprint density at radius 3 is 2.51 bits per heavy atom. The molecule has 3 amide bonds. The van der Waals surface area contributed by atoms with Crippen molar-refractivity contribution in [2.45, 2.75) is 77.1 Å². The fourth-order valence-electron chi connectivity index (χ4n) is 4.70. The molecule has 3 N–H and O–H groups in total. The van der Waals surface area contributed by atoms with Crippen molar-refractivity contribution in [1.82, 2.24) is 15.7 Å². The van der Waals surface area contributed by atoms with E-state index in [0.29, 0.717) is 6.42 Å². The minimum absolute atomic E-state index is 0.0328. The van der Waals surface area contributed by atoms with Gasteiger partial charge < -0.3 is 15.7 Å². The minimum Gasteiger partial charge on any atom is -0.480 e. The number of carbonyl (C=O) groups is 4. The average Bonchev–Trinajstić information content (AvgIpc) is 3.36. The van der Waals surface area contributed by atoms with Gasteiger partial charge >= 0.3 is 5.97 Å². The highest BCUT2D eigenvalue weighted by Crippen LogP contribution is 2.22. The van der Waals surface area contributed by atoms with E-state index in [4.69, 9.17) is 4.84 Å². The zero-order chi connectivity index (χ0) is 30.2. The number of aryl methyl sites for hydroxylation is 1. The van der Waals surface area contributed by atoms with Crippen LogP contribution in [0.5, 0.6) is 0 Å². The summed E-state index contributed by atoms with van der Waals surface area (Å²) in [5.74, 6) is -3.28. The summed E-state index contributed by atoms with van der Waals surface area (Å²) in [6, 6.07) is 11.1. The maximum absolute atomic E-state index is 13.6. The quantitative estimate of drug-likeness (QED) is 0.211. The molecule has 3 rings (SSSR count). The number of hydrogen-bond donors (Lipinski definition) is 3. The summed E-state index contributed by atoms with van der Waals surface area (Å²) in [6.45, 7) is 3.87. The second-order valence-corrected chi connectivity index (χ2v) is 12.9. The van der Waals surface area contributed by atoms with Crippen LogP contribution in [0.25, 0.3) is 10.8 Å². The van der Waals surface area contributed by atoms with Crippen LogP contribution in [-0.4, -0.2) is 72.6 Å². The molecule has 11 nitrogen and oxygen atoms in total. The molecular weight excluding hydrogens is 550 g/mol. The number of carboxylic acids is 1. The van der Waals surface area contributed by atoms with Gasteiger partial charge in [-0.2, -0.15) is 0 Å². The van der Waals surface area contributed by atoms with Gasteiger partial charge in [-0.15, -0.1) is 0 Å². The Labute approximate surface area is 240 Å². The molecular formula is C29H39N3O8S. The van der Waals surface area contributed by atoms with Gasteiger partial charge in [0.1, 0.15) is 15.9 Å². The molecule has 0 aliphatic carbocycles. The first-order valence-corrected chi connectivity index (χ1v) is 15.9. The highest BCUT2D eigenvalue weighted by atomic mass is 32.2. The van der Waals surface area contributed by atoms with Crippen LogP contribution in [0.3, 0.4) is 0 Å². The number of benzene rings is 2. The normalized spacial score (nSPS) is 17.4. The van der Waals surface area contributed by atoms with E-state index in [2.05, 4.69) is 10.6 Å². The fraction of sp³-hybridized carbons (Fsp3) is 0.517. The molecule has 12 heteroatoms. The molecule has 1 saturated heterocycles. The van der Waals surface area contributed by atoms with Crippen molar-refractivity contribution in [2.75, 3.05) is 12.0 Å². The van der Waals surface area contributed by atoms with Crippen LogP contribution >= 0.6 is 0 Å². The first kappa shape index (κ1) is 32.0. The number of nitrogens with zero attached hydrogens (tertiary/aromatic N) is 1. The molecule has 224 valence electrons. The summed E-state index contributed by atoms with van der Waals surface area (Å²) in [6.07, 6.45) is 1.18. The lowest BCUT2D eigenvalue weighted by Crippen LogP contribution is -2.53. The van der Waals surface area contributed by atoms with Gasteiger partial charge in [0.15, 0.2) is 12.3 Å². The van der Waals surface area contributed by atoms with E-state index in [1.54, 1.807) is 0 Å². The zero-order valence-corrected chi connectivity index (χ0v) is 24.5. The molecule has 2 aromatic rings. The van der Waals surface area contributed by atoms with Crippen LogP contribution in [0.4, 0.5) is 0 Å². The van der Waals surface area contributed by atoms with Gasteiger partial charge in [0.25, 0.3) is 0 Å². The van der Waals surface area contributed by atoms with Gasteiger partial charge in [0.2, 0.25) is 17.7 Å². The van der Waals surface area contributed by atoms with E-state index in [-0.39, 0.29) is 37.5 Å². The zero-order valence-electron chi connectivity index (χ0n) is 23.7. The molecule has 1 unspecified atom stereocenters. The number of sulfone groups is 1. The average molecular weight is 590 g/mol. The Balaban J connectivity index is 1.87. The number of hydroxylamine groups is 2. The van der Waals surface area contributed by atoms with Gasteiger partial charge in [0.05, 0.1) is 5.75 Å². The monoisotopic (exact) mass is 589 g/mol. The van der Waals surface area contributed by atoms with Crippen LogP contribution in [0.2, 0.25) is 0 Å². The molecule has 41 heavy (non-hydrogen) atoms. The molecule has 2 aromatic carbocycles. The lowest BCUT2D eigenvalue weighted by Gasteiger charge is -2.33. The Morgan fingerprint density at radius 2 is 1.88 bits per heavy atom. The van der Waals surface area contributed by atoms with Crippen molar-refractivity contribution in [3.8, 4) is 0 Å². The van der Waals surface area contributed by atoms with E-state index in [0.717, 1.165) is 34.1 Å². The molecule has 0 spiro atoms. The number of carbonyl (C=O) groups excluding carboxylic acids is 3. The number of amides is 3. The molecule has 1 fully saturated rings. The summed E-state index contributed by atoms with van der Waals surface area (Å²) in [5, 5.41) is 18.0. The van der Waals surface area contributed by atoms with Gasteiger partial charge in [0, 0.05) is 19.1 Å². The minimum atomic E-state index is -3.55. The predicted octanol–water partition coefficient (Wildman–Crippen LogP) is 2.58. The lowest BCUT2D eigenvalue weighted by molar-refractivity contribution is -0.233. The number of fused-ring (bicyclic) bond motifs is 1. The third-order valence-corrected chi connectivity index (χ3v) is 8.21. The Kier molecular flexibility index (Phi) is 11.2. The van der Waals surface area contributed by atoms with Gasteiger partial charge in [-0.1, -0.05) is 62.7 Å². The van der Waals surface area contributed by atoms with Crippen LogP contribution in [-0.2, 0) is 40.3 Å². The third-order valence-electron chi connectivity index (χ3n) is 7.23. The number of nitrogens with one attached hydrogen (secondary N) is 2.